The summed E-state index contributed by atoms with van der Waals surface area (Å²) in [5.74, 6) is 0.978. The molecule has 2 aliphatic heterocycles. The molecule has 0 spiro atoms. The molecular formula is C26H28N6O2S. The van der Waals surface area contributed by atoms with Gasteiger partial charge in [0.15, 0.2) is 0 Å². The molecule has 0 aliphatic carbocycles. The molecule has 1 N–H and O–H groups in total. The minimum Gasteiger partial charge on any atom is -0.341 e. The van der Waals surface area contributed by atoms with Gasteiger partial charge in [-0.15, -0.1) is 0 Å². The first-order chi connectivity index (χ1) is 17.2. The van der Waals surface area contributed by atoms with Crippen LogP contribution in [0.5, 0.6) is 0 Å². The van der Waals surface area contributed by atoms with Crippen LogP contribution in [-0.2, 0) is 11.2 Å². The van der Waals surface area contributed by atoms with E-state index in [-0.39, 0.29) is 23.7 Å². The molecule has 9 heteroatoms. The quantitative estimate of drug-likeness (QED) is 0.464. The van der Waals surface area contributed by atoms with E-state index in [0.29, 0.717) is 19.5 Å². The van der Waals surface area contributed by atoms with Gasteiger partial charge in [-0.3, -0.25) is 9.36 Å². The molecule has 0 saturated carbocycles. The molecule has 2 aromatic heterocycles. The maximum absolute atomic E-state index is 13.5. The molecule has 6 rings (SSSR count). The molecule has 4 heterocycles. The van der Waals surface area contributed by atoms with Crippen molar-refractivity contribution in [2.45, 2.75) is 44.2 Å². The first-order valence-corrected chi connectivity index (χ1v) is 13.1. The average molecular weight is 489 g/mol. The number of amides is 1. The molecule has 1 amide bonds. The van der Waals surface area contributed by atoms with E-state index in [9.17, 15) is 9.59 Å². The number of piperidine rings is 1. The first kappa shape index (κ1) is 22.0. The number of hydrogen-bond acceptors (Lipinski definition) is 6. The Morgan fingerprint density at radius 1 is 1.00 bits per heavy atom. The molecule has 8 nitrogen and oxygen atoms in total. The van der Waals surface area contributed by atoms with Gasteiger partial charge < -0.3 is 14.8 Å². The van der Waals surface area contributed by atoms with Gasteiger partial charge in [-0.2, -0.15) is 4.37 Å². The van der Waals surface area contributed by atoms with Crippen LogP contribution < -0.4 is 10.6 Å². The van der Waals surface area contributed by atoms with Crippen molar-refractivity contribution in [3.63, 3.8) is 0 Å². The van der Waals surface area contributed by atoms with E-state index in [0.717, 1.165) is 54.2 Å². The minimum absolute atomic E-state index is 0.0690. The number of rotatable bonds is 5. The standard InChI is InChI=1S/C26H28N6O2S/c33-24(30-15-12-19(13-16-30)32-21-10-5-4-9-20(21)27-25(32)34)22-11-6-14-31(22)26-28-23(29-35-26)17-18-7-2-1-3-8-18/h1-5,7-10,19,22H,6,11-17H2,(H,27,34). The zero-order valence-corrected chi connectivity index (χ0v) is 20.3. The molecule has 0 radical (unpaired) electrons. The van der Waals surface area contributed by atoms with Crippen LogP contribution in [0.3, 0.4) is 0 Å². The zero-order chi connectivity index (χ0) is 23.8. The fourth-order valence-electron chi connectivity index (χ4n) is 5.46. The van der Waals surface area contributed by atoms with E-state index in [1.165, 1.54) is 17.1 Å². The number of benzene rings is 2. The number of carbonyl (C=O) groups excluding carboxylic acids is 1. The Labute approximate surface area is 207 Å². The van der Waals surface area contributed by atoms with Crippen molar-refractivity contribution >= 4 is 33.6 Å². The summed E-state index contributed by atoms with van der Waals surface area (Å²) in [5, 5.41) is 0.840. The number of nitrogens with one attached hydrogen (secondary N) is 1. The van der Waals surface area contributed by atoms with Gasteiger partial charge in [0.05, 0.1) is 11.0 Å². The third-order valence-electron chi connectivity index (χ3n) is 7.21. The highest BCUT2D eigenvalue weighted by Gasteiger charge is 2.37. The van der Waals surface area contributed by atoms with Gasteiger partial charge in [-0.05, 0) is 43.4 Å². The number of carbonyl (C=O) groups is 1. The Hall–Kier alpha value is -3.46. The lowest BCUT2D eigenvalue weighted by atomic mass is 10.0. The lowest BCUT2D eigenvalue weighted by Crippen LogP contribution is -2.49. The summed E-state index contributed by atoms with van der Waals surface area (Å²) in [6.45, 7) is 2.15. The zero-order valence-electron chi connectivity index (χ0n) is 19.5. The van der Waals surface area contributed by atoms with E-state index in [1.54, 1.807) is 0 Å². The molecule has 35 heavy (non-hydrogen) atoms. The summed E-state index contributed by atoms with van der Waals surface area (Å²) in [7, 11) is 0. The maximum Gasteiger partial charge on any atom is 0.326 e. The number of nitrogens with zero attached hydrogens (tertiary/aromatic N) is 5. The number of para-hydroxylation sites is 2. The van der Waals surface area contributed by atoms with Crippen LogP contribution in [-0.4, -0.2) is 55.4 Å². The predicted octanol–water partition coefficient (Wildman–Crippen LogP) is 3.60. The molecule has 2 aliphatic rings. The van der Waals surface area contributed by atoms with E-state index in [4.69, 9.17) is 4.98 Å². The van der Waals surface area contributed by atoms with E-state index in [1.807, 2.05) is 51.9 Å². The third kappa shape index (κ3) is 4.25. The van der Waals surface area contributed by atoms with Gasteiger partial charge in [0.2, 0.25) is 11.0 Å². The van der Waals surface area contributed by atoms with Gasteiger partial charge in [-0.25, -0.2) is 9.78 Å². The molecule has 1 atom stereocenters. The fraction of sp³-hybridized carbons (Fsp3) is 0.385. The molecule has 4 aromatic rings. The third-order valence-corrected chi connectivity index (χ3v) is 8.00. The minimum atomic E-state index is -0.181. The van der Waals surface area contributed by atoms with Crippen molar-refractivity contribution in [3.05, 3.63) is 76.5 Å². The van der Waals surface area contributed by atoms with Gasteiger partial charge in [-0.1, -0.05) is 42.5 Å². The fourth-order valence-corrected chi connectivity index (χ4v) is 6.22. The largest absolute Gasteiger partial charge is 0.341 e. The number of H-pyrrole nitrogens is 1. The highest BCUT2D eigenvalue weighted by atomic mass is 32.1. The first-order valence-electron chi connectivity index (χ1n) is 12.3. The number of aromatic nitrogens is 4. The van der Waals surface area contributed by atoms with Crippen molar-refractivity contribution in [1.82, 2.24) is 23.8 Å². The van der Waals surface area contributed by atoms with Gasteiger partial charge in [0.1, 0.15) is 11.9 Å². The number of aromatic amines is 1. The van der Waals surface area contributed by atoms with Crippen molar-refractivity contribution in [3.8, 4) is 0 Å². The van der Waals surface area contributed by atoms with Crippen molar-refractivity contribution in [1.29, 1.82) is 0 Å². The van der Waals surface area contributed by atoms with Crippen LogP contribution in [0.1, 0.15) is 43.1 Å². The lowest BCUT2D eigenvalue weighted by Gasteiger charge is -2.35. The van der Waals surface area contributed by atoms with Crippen LogP contribution in [0, 0.1) is 0 Å². The topological polar surface area (TPSA) is 87.1 Å². The van der Waals surface area contributed by atoms with Gasteiger partial charge >= 0.3 is 5.69 Å². The van der Waals surface area contributed by atoms with E-state index < -0.39 is 0 Å². The maximum atomic E-state index is 13.5. The SMILES string of the molecule is O=C(C1CCCN1c1nc(Cc2ccccc2)ns1)N1CCC(n2c(=O)[nH]c3ccccc32)CC1. The second kappa shape index (κ2) is 9.30. The molecule has 2 aromatic carbocycles. The number of fused-ring (bicyclic) bond motifs is 1. The molecule has 2 saturated heterocycles. The van der Waals surface area contributed by atoms with Crippen molar-refractivity contribution in [2.24, 2.45) is 0 Å². The van der Waals surface area contributed by atoms with Gasteiger partial charge in [0, 0.05) is 43.6 Å². The highest BCUT2D eigenvalue weighted by molar-refractivity contribution is 7.09. The van der Waals surface area contributed by atoms with Crippen molar-refractivity contribution in [2.75, 3.05) is 24.5 Å². The summed E-state index contributed by atoms with van der Waals surface area (Å²) in [6, 6.07) is 17.9. The Bertz CT molecular complexity index is 1390. The number of hydrogen-bond donors (Lipinski definition) is 1. The second-order valence-electron chi connectivity index (χ2n) is 9.38. The summed E-state index contributed by atoms with van der Waals surface area (Å²) in [5.41, 5.74) is 2.91. The number of likely N-dealkylation sites (tertiary alicyclic amines) is 1. The van der Waals surface area contributed by atoms with Gasteiger partial charge in [0.25, 0.3) is 0 Å². The van der Waals surface area contributed by atoms with Crippen LogP contribution >= 0.6 is 11.5 Å². The van der Waals surface area contributed by atoms with Crippen LogP contribution in [0.25, 0.3) is 11.0 Å². The van der Waals surface area contributed by atoms with E-state index in [2.05, 4.69) is 26.4 Å². The van der Waals surface area contributed by atoms with E-state index >= 15 is 0 Å². The summed E-state index contributed by atoms with van der Waals surface area (Å²) >= 11 is 1.39. The smallest absolute Gasteiger partial charge is 0.326 e. The second-order valence-corrected chi connectivity index (χ2v) is 10.1. The lowest BCUT2D eigenvalue weighted by molar-refractivity contribution is -0.133. The Kier molecular flexibility index (Phi) is 5.85. The molecule has 0 bridgehead atoms. The average Bonchev–Trinajstić information content (AvgIpc) is 3.62. The number of anilines is 1. The monoisotopic (exact) mass is 488 g/mol. The predicted molar refractivity (Wildman–Crippen MR) is 137 cm³/mol. The Morgan fingerprint density at radius 3 is 2.60 bits per heavy atom. The molecule has 1 unspecified atom stereocenters. The highest BCUT2D eigenvalue weighted by Crippen LogP contribution is 2.31. The number of imidazole rings is 1. The molecule has 2 fully saturated rings. The van der Waals surface area contributed by atoms with Crippen LogP contribution in [0.4, 0.5) is 5.13 Å². The Morgan fingerprint density at radius 2 is 1.77 bits per heavy atom. The normalized spacial score (nSPS) is 19.0. The van der Waals surface area contributed by atoms with Crippen LogP contribution in [0.15, 0.2) is 59.4 Å². The summed E-state index contributed by atoms with van der Waals surface area (Å²) in [6.07, 6.45) is 4.07. The molecular weight excluding hydrogens is 460 g/mol. The summed E-state index contributed by atoms with van der Waals surface area (Å²) < 4.78 is 6.43. The van der Waals surface area contributed by atoms with Crippen molar-refractivity contribution < 1.29 is 4.79 Å². The Balaban J connectivity index is 1.12. The summed E-state index contributed by atoms with van der Waals surface area (Å²) in [4.78, 5) is 38.0. The molecule has 180 valence electrons. The van der Waals surface area contributed by atoms with Crippen LogP contribution in [0.2, 0.25) is 0 Å².